The molecule has 0 unspecified atom stereocenters. The molecular formula is C19H19ClN4O. The Morgan fingerprint density at radius 2 is 1.48 bits per heavy atom. The van der Waals surface area contributed by atoms with Crippen LogP contribution in [0.15, 0.2) is 60.9 Å². The van der Waals surface area contributed by atoms with E-state index >= 15 is 0 Å². The molecule has 0 aliphatic heterocycles. The van der Waals surface area contributed by atoms with E-state index in [1.807, 2.05) is 54.6 Å². The Hall–Kier alpha value is -2.79. The Labute approximate surface area is 152 Å². The van der Waals surface area contributed by atoms with Crippen LogP contribution in [-0.4, -0.2) is 17.1 Å². The van der Waals surface area contributed by atoms with E-state index in [1.165, 1.54) is 6.33 Å². The zero-order chi connectivity index (χ0) is 17.5. The standard InChI is InChI=1S/C19H19ClN4O/c1-25-17-9-5-3-7-15(17)12-22-19-10-18(23-13-24-19)21-11-14-6-2-4-8-16(14)20/h2-10,13H,11-12H2,1H3,(H2,21,22,23,24). The van der Waals surface area contributed by atoms with Gasteiger partial charge in [-0.1, -0.05) is 48.0 Å². The van der Waals surface area contributed by atoms with Crippen molar-refractivity contribution in [3.63, 3.8) is 0 Å². The van der Waals surface area contributed by atoms with Gasteiger partial charge in [-0.25, -0.2) is 9.97 Å². The van der Waals surface area contributed by atoms with Gasteiger partial charge in [0, 0.05) is 29.7 Å². The van der Waals surface area contributed by atoms with Crippen LogP contribution in [0.3, 0.4) is 0 Å². The quantitative estimate of drug-likeness (QED) is 0.660. The number of rotatable bonds is 7. The Kier molecular flexibility index (Phi) is 5.69. The number of ether oxygens (including phenoxy) is 1. The Bertz CT molecular complexity index is 841. The molecule has 0 radical (unpaired) electrons. The van der Waals surface area contributed by atoms with Gasteiger partial charge in [0.15, 0.2) is 0 Å². The molecule has 25 heavy (non-hydrogen) atoms. The van der Waals surface area contributed by atoms with Crippen molar-refractivity contribution in [3.05, 3.63) is 77.1 Å². The van der Waals surface area contributed by atoms with Crippen LogP contribution < -0.4 is 15.4 Å². The molecule has 3 aromatic rings. The summed E-state index contributed by atoms with van der Waals surface area (Å²) >= 11 is 6.17. The summed E-state index contributed by atoms with van der Waals surface area (Å²) in [5, 5.41) is 7.29. The highest BCUT2D eigenvalue weighted by Gasteiger charge is 2.04. The van der Waals surface area contributed by atoms with Crippen molar-refractivity contribution >= 4 is 23.2 Å². The second kappa shape index (κ2) is 8.35. The van der Waals surface area contributed by atoms with E-state index in [9.17, 15) is 0 Å². The summed E-state index contributed by atoms with van der Waals surface area (Å²) in [6.45, 7) is 1.22. The van der Waals surface area contributed by atoms with Gasteiger partial charge in [-0.3, -0.25) is 0 Å². The molecule has 2 aromatic carbocycles. The number of nitrogens with one attached hydrogen (secondary N) is 2. The normalized spacial score (nSPS) is 10.3. The Morgan fingerprint density at radius 3 is 2.16 bits per heavy atom. The number of halogens is 1. The van der Waals surface area contributed by atoms with Crippen LogP contribution in [0.25, 0.3) is 0 Å². The third-order valence-electron chi connectivity index (χ3n) is 3.74. The lowest BCUT2D eigenvalue weighted by Crippen LogP contribution is -2.06. The largest absolute Gasteiger partial charge is 0.496 e. The van der Waals surface area contributed by atoms with Gasteiger partial charge in [0.05, 0.1) is 7.11 Å². The first-order chi connectivity index (χ1) is 12.3. The highest BCUT2D eigenvalue weighted by molar-refractivity contribution is 6.31. The minimum atomic E-state index is 0.600. The molecule has 0 amide bonds. The minimum Gasteiger partial charge on any atom is -0.496 e. The second-order valence-corrected chi connectivity index (χ2v) is 5.81. The lowest BCUT2D eigenvalue weighted by Gasteiger charge is -2.11. The Morgan fingerprint density at radius 1 is 0.880 bits per heavy atom. The number of nitrogens with zero attached hydrogens (tertiary/aromatic N) is 2. The highest BCUT2D eigenvalue weighted by atomic mass is 35.5. The molecule has 0 fully saturated rings. The van der Waals surface area contributed by atoms with Gasteiger partial charge in [-0.15, -0.1) is 0 Å². The first-order valence-corrected chi connectivity index (χ1v) is 8.29. The number of para-hydroxylation sites is 1. The van der Waals surface area contributed by atoms with Gasteiger partial charge in [0.1, 0.15) is 23.7 Å². The van der Waals surface area contributed by atoms with Crippen LogP contribution in [0, 0.1) is 0 Å². The van der Waals surface area contributed by atoms with E-state index in [0.29, 0.717) is 13.1 Å². The summed E-state index contributed by atoms with van der Waals surface area (Å²) in [5.41, 5.74) is 2.08. The molecule has 1 aromatic heterocycles. The first-order valence-electron chi connectivity index (χ1n) is 7.91. The summed E-state index contributed by atoms with van der Waals surface area (Å²) in [4.78, 5) is 8.50. The molecular weight excluding hydrogens is 336 g/mol. The number of aromatic nitrogens is 2. The number of benzene rings is 2. The van der Waals surface area contributed by atoms with Crippen LogP contribution in [0.2, 0.25) is 5.02 Å². The summed E-state index contributed by atoms with van der Waals surface area (Å²) in [6.07, 6.45) is 1.53. The molecule has 0 atom stereocenters. The average molecular weight is 355 g/mol. The summed E-state index contributed by atoms with van der Waals surface area (Å²) in [5.74, 6) is 2.32. The van der Waals surface area contributed by atoms with Crippen LogP contribution in [0.4, 0.5) is 11.6 Å². The molecule has 1 heterocycles. The zero-order valence-electron chi connectivity index (χ0n) is 13.9. The fraction of sp³-hybridized carbons (Fsp3) is 0.158. The van der Waals surface area contributed by atoms with Gasteiger partial charge in [0.25, 0.3) is 0 Å². The summed E-state index contributed by atoms with van der Waals surface area (Å²) < 4.78 is 5.36. The van der Waals surface area contributed by atoms with Crippen molar-refractivity contribution in [2.24, 2.45) is 0 Å². The van der Waals surface area contributed by atoms with Crippen molar-refractivity contribution in [3.8, 4) is 5.75 Å². The predicted octanol–water partition coefficient (Wildman–Crippen LogP) is 4.36. The monoisotopic (exact) mass is 354 g/mol. The molecule has 0 aliphatic carbocycles. The molecule has 6 heteroatoms. The van der Waals surface area contributed by atoms with E-state index in [1.54, 1.807) is 7.11 Å². The molecule has 0 aliphatic rings. The van der Waals surface area contributed by atoms with E-state index < -0.39 is 0 Å². The maximum Gasteiger partial charge on any atom is 0.131 e. The smallest absolute Gasteiger partial charge is 0.131 e. The molecule has 128 valence electrons. The van der Waals surface area contributed by atoms with Gasteiger partial charge in [0.2, 0.25) is 0 Å². The molecule has 3 rings (SSSR count). The molecule has 0 saturated heterocycles. The lowest BCUT2D eigenvalue weighted by molar-refractivity contribution is 0.410. The van der Waals surface area contributed by atoms with Crippen LogP contribution in [-0.2, 0) is 13.1 Å². The summed E-state index contributed by atoms with van der Waals surface area (Å²) in [6, 6.07) is 17.5. The van der Waals surface area contributed by atoms with Crippen molar-refractivity contribution in [2.75, 3.05) is 17.7 Å². The van der Waals surface area contributed by atoms with Crippen molar-refractivity contribution in [1.29, 1.82) is 0 Å². The van der Waals surface area contributed by atoms with Crippen molar-refractivity contribution in [2.45, 2.75) is 13.1 Å². The topological polar surface area (TPSA) is 59.1 Å². The van der Waals surface area contributed by atoms with Gasteiger partial charge in [-0.05, 0) is 17.7 Å². The second-order valence-electron chi connectivity index (χ2n) is 5.40. The van der Waals surface area contributed by atoms with Crippen molar-refractivity contribution < 1.29 is 4.74 Å². The Balaban J connectivity index is 1.62. The molecule has 0 bridgehead atoms. The predicted molar refractivity (Wildman–Crippen MR) is 101 cm³/mol. The first kappa shape index (κ1) is 17.0. The number of anilines is 2. The maximum atomic E-state index is 6.17. The van der Waals surface area contributed by atoms with Crippen LogP contribution >= 0.6 is 11.6 Å². The molecule has 0 saturated carbocycles. The van der Waals surface area contributed by atoms with E-state index in [2.05, 4.69) is 20.6 Å². The fourth-order valence-corrected chi connectivity index (χ4v) is 2.62. The van der Waals surface area contributed by atoms with Crippen LogP contribution in [0.1, 0.15) is 11.1 Å². The van der Waals surface area contributed by atoms with Gasteiger partial charge >= 0.3 is 0 Å². The SMILES string of the molecule is COc1ccccc1CNc1cc(NCc2ccccc2Cl)ncn1. The minimum absolute atomic E-state index is 0.600. The zero-order valence-corrected chi connectivity index (χ0v) is 14.6. The van der Waals surface area contributed by atoms with Gasteiger partial charge in [-0.2, -0.15) is 0 Å². The maximum absolute atomic E-state index is 6.17. The third kappa shape index (κ3) is 4.61. The average Bonchev–Trinajstić information content (AvgIpc) is 2.66. The third-order valence-corrected chi connectivity index (χ3v) is 4.11. The fourth-order valence-electron chi connectivity index (χ4n) is 2.41. The molecule has 2 N–H and O–H groups in total. The number of hydrogen-bond acceptors (Lipinski definition) is 5. The van der Waals surface area contributed by atoms with E-state index in [0.717, 1.165) is 33.5 Å². The lowest BCUT2D eigenvalue weighted by atomic mass is 10.2. The molecule has 0 spiro atoms. The van der Waals surface area contributed by atoms with E-state index in [-0.39, 0.29) is 0 Å². The summed E-state index contributed by atoms with van der Waals surface area (Å²) in [7, 11) is 1.67. The molecule has 5 nitrogen and oxygen atoms in total. The highest BCUT2D eigenvalue weighted by Crippen LogP contribution is 2.20. The van der Waals surface area contributed by atoms with Crippen molar-refractivity contribution in [1.82, 2.24) is 9.97 Å². The number of methoxy groups -OCH3 is 1. The van der Waals surface area contributed by atoms with Crippen LogP contribution in [0.5, 0.6) is 5.75 Å². The van der Waals surface area contributed by atoms with Gasteiger partial charge < -0.3 is 15.4 Å². The van der Waals surface area contributed by atoms with E-state index in [4.69, 9.17) is 16.3 Å². The number of hydrogen-bond donors (Lipinski definition) is 2.